The van der Waals surface area contributed by atoms with Crippen LogP contribution >= 0.6 is 0 Å². The molecule has 2 aromatic rings. The molecule has 0 amide bonds. The molecule has 27 heavy (non-hydrogen) atoms. The highest BCUT2D eigenvalue weighted by Crippen LogP contribution is 2.53. The summed E-state index contributed by atoms with van der Waals surface area (Å²) in [6.45, 7) is 6.03. The van der Waals surface area contributed by atoms with Gasteiger partial charge in [-0.2, -0.15) is 0 Å². The Morgan fingerprint density at radius 3 is 2.56 bits per heavy atom. The Labute approximate surface area is 158 Å². The molecule has 0 bridgehead atoms. The second-order valence-electron chi connectivity index (χ2n) is 6.92. The molecule has 0 saturated carbocycles. The van der Waals surface area contributed by atoms with Crippen LogP contribution in [0.25, 0.3) is 10.9 Å². The number of hydrogen-bond acceptors (Lipinski definition) is 5. The van der Waals surface area contributed by atoms with E-state index >= 15 is 0 Å². The zero-order chi connectivity index (χ0) is 19.8. The van der Waals surface area contributed by atoms with Gasteiger partial charge in [-0.15, -0.1) is 0 Å². The van der Waals surface area contributed by atoms with Gasteiger partial charge in [-0.05, 0) is 51.0 Å². The fourth-order valence-electron chi connectivity index (χ4n) is 4.00. The van der Waals surface area contributed by atoms with Gasteiger partial charge in [-0.1, -0.05) is 5.57 Å². The summed E-state index contributed by atoms with van der Waals surface area (Å²) in [6.07, 6.45) is 2.52. The van der Waals surface area contributed by atoms with E-state index < -0.39 is 5.41 Å². The van der Waals surface area contributed by atoms with Gasteiger partial charge < -0.3 is 19.1 Å². The van der Waals surface area contributed by atoms with Crippen molar-refractivity contribution in [1.29, 1.82) is 0 Å². The van der Waals surface area contributed by atoms with Crippen LogP contribution in [0.1, 0.15) is 39.2 Å². The van der Waals surface area contributed by atoms with Crippen LogP contribution in [-0.2, 0) is 31.5 Å². The van der Waals surface area contributed by atoms with E-state index in [0.29, 0.717) is 25.2 Å². The van der Waals surface area contributed by atoms with E-state index in [1.807, 2.05) is 30.8 Å². The minimum atomic E-state index is -0.637. The van der Waals surface area contributed by atoms with Gasteiger partial charge in [0.1, 0.15) is 5.75 Å². The molecule has 0 aliphatic heterocycles. The summed E-state index contributed by atoms with van der Waals surface area (Å²) in [5.74, 6) is -0.484. The quantitative estimate of drug-likeness (QED) is 0.788. The van der Waals surface area contributed by atoms with Gasteiger partial charge in [0.2, 0.25) is 0 Å². The third-order valence-electron chi connectivity index (χ3n) is 5.41. The van der Waals surface area contributed by atoms with Crippen LogP contribution < -0.4 is 0 Å². The first-order chi connectivity index (χ1) is 12.8. The Kier molecular flexibility index (Phi) is 5.00. The second kappa shape index (κ2) is 7.10. The SMILES string of the molecule is CCOC(=O)CC1(c2cn(C)c3ccc(O)cc23)CC(C(=O)OCC)=C1C. The largest absolute Gasteiger partial charge is 0.508 e. The van der Waals surface area contributed by atoms with Gasteiger partial charge in [0.25, 0.3) is 0 Å². The van der Waals surface area contributed by atoms with Gasteiger partial charge >= 0.3 is 11.9 Å². The number of fused-ring (bicyclic) bond motifs is 1. The Morgan fingerprint density at radius 2 is 1.93 bits per heavy atom. The number of nitrogens with zero attached hydrogens (tertiary/aromatic N) is 1. The second-order valence-corrected chi connectivity index (χ2v) is 6.92. The molecular weight excluding hydrogens is 346 g/mol. The average molecular weight is 371 g/mol. The number of carbonyl (C=O) groups is 2. The summed E-state index contributed by atoms with van der Waals surface area (Å²) < 4.78 is 12.3. The molecule has 1 heterocycles. The monoisotopic (exact) mass is 371 g/mol. The molecule has 6 heteroatoms. The van der Waals surface area contributed by atoms with E-state index in [9.17, 15) is 14.7 Å². The lowest BCUT2D eigenvalue weighted by Crippen LogP contribution is -2.42. The van der Waals surface area contributed by atoms with E-state index in [1.165, 1.54) is 0 Å². The number of aromatic nitrogens is 1. The van der Waals surface area contributed by atoms with Crippen LogP contribution in [0.2, 0.25) is 0 Å². The number of aryl methyl sites for hydroxylation is 1. The number of carbonyl (C=O) groups excluding carboxylic acids is 2. The van der Waals surface area contributed by atoms with Gasteiger partial charge in [-0.3, -0.25) is 4.79 Å². The van der Waals surface area contributed by atoms with Crippen molar-refractivity contribution in [2.24, 2.45) is 7.05 Å². The zero-order valence-electron chi connectivity index (χ0n) is 16.2. The van der Waals surface area contributed by atoms with Crippen molar-refractivity contribution in [2.75, 3.05) is 13.2 Å². The molecule has 1 aliphatic rings. The Bertz CT molecular complexity index is 939. The third-order valence-corrected chi connectivity index (χ3v) is 5.41. The smallest absolute Gasteiger partial charge is 0.334 e. The van der Waals surface area contributed by atoms with Crippen molar-refractivity contribution in [3.63, 3.8) is 0 Å². The van der Waals surface area contributed by atoms with Crippen molar-refractivity contribution in [3.8, 4) is 5.75 Å². The van der Waals surface area contributed by atoms with Crippen molar-refractivity contribution in [3.05, 3.63) is 41.1 Å². The highest BCUT2D eigenvalue weighted by molar-refractivity contribution is 5.96. The maximum Gasteiger partial charge on any atom is 0.334 e. The van der Waals surface area contributed by atoms with Crippen LogP contribution in [0.4, 0.5) is 0 Å². The molecule has 144 valence electrons. The number of phenols is 1. The highest BCUT2D eigenvalue weighted by Gasteiger charge is 2.49. The van der Waals surface area contributed by atoms with Crippen LogP contribution in [0, 0.1) is 0 Å². The minimum absolute atomic E-state index is 0.143. The summed E-state index contributed by atoms with van der Waals surface area (Å²) in [5.41, 5.74) is 2.66. The number of rotatable bonds is 6. The number of hydrogen-bond donors (Lipinski definition) is 1. The van der Waals surface area contributed by atoms with Crippen LogP contribution in [-0.4, -0.2) is 34.8 Å². The predicted molar refractivity (Wildman–Crippen MR) is 101 cm³/mol. The predicted octanol–water partition coefficient (Wildman–Crippen LogP) is 3.36. The van der Waals surface area contributed by atoms with E-state index in [0.717, 1.165) is 22.0 Å². The van der Waals surface area contributed by atoms with Crippen molar-refractivity contribution >= 4 is 22.8 Å². The number of aromatic hydroxyl groups is 1. The Morgan fingerprint density at radius 1 is 1.22 bits per heavy atom. The topological polar surface area (TPSA) is 77.8 Å². The van der Waals surface area contributed by atoms with Crippen molar-refractivity contribution < 1.29 is 24.2 Å². The lowest BCUT2D eigenvalue weighted by molar-refractivity contribution is -0.145. The lowest BCUT2D eigenvalue weighted by atomic mass is 9.59. The third kappa shape index (κ3) is 3.09. The van der Waals surface area contributed by atoms with Gasteiger partial charge in [0, 0.05) is 35.1 Å². The van der Waals surface area contributed by atoms with Gasteiger partial charge in [0.05, 0.1) is 19.6 Å². The van der Waals surface area contributed by atoms with Crippen LogP contribution in [0.15, 0.2) is 35.5 Å². The van der Waals surface area contributed by atoms with E-state index in [2.05, 4.69) is 0 Å². The van der Waals surface area contributed by atoms with E-state index in [-0.39, 0.29) is 24.1 Å². The number of allylic oxidation sites excluding steroid dienone is 1. The van der Waals surface area contributed by atoms with Crippen LogP contribution in [0.5, 0.6) is 5.75 Å². The van der Waals surface area contributed by atoms with E-state index in [4.69, 9.17) is 9.47 Å². The summed E-state index contributed by atoms with van der Waals surface area (Å²) in [6, 6.07) is 5.18. The molecule has 0 radical (unpaired) electrons. The summed E-state index contributed by atoms with van der Waals surface area (Å²) in [5, 5.41) is 10.8. The molecule has 0 spiro atoms. The molecular formula is C21H25NO5. The molecule has 6 nitrogen and oxygen atoms in total. The first-order valence-electron chi connectivity index (χ1n) is 9.15. The minimum Gasteiger partial charge on any atom is -0.508 e. The molecule has 1 aliphatic carbocycles. The first kappa shape index (κ1) is 19.0. The first-order valence-corrected chi connectivity index (χ1v) is 9.15. The molecule has 1 atom stereocenters. The molecule has 0 fully saturated rings. The normalized spacial score (nSPS) is 19.1. The number of benzene rings is 1. The number of phenolic OH excluding ortho intramolecular Hbond substituents is 1. The fourth-order valence-corrected chi connectivity index (χ4v) is 4.00. The molecule has 1 unspecified atom stereocenters. The standard InChI is InChI=1S/C21H25NO5/c1-5-26-19(24)11-21(10-16(13(21)3)20(25)27-6-2)17-12-22(4)18-8-7-14(23)9-15(17)18/h7-9,12,23H,5-6,10-11H2,1-4H3. The molecule has 1 aromatic carbocycles. The molecule has 1 aromatic heterocycles. The number of esters is 2. The van der Waals surface area contributed by atoms with Crippen molar-refractivity contribution in [1.82, 2.24) is 4.57 Å². The molecule has 1 N–H and O–H groups in total. The van der Waals surface area contributed by atoms with Gasteiger partial charge in [-0.25, -0.2) is 4.79 Å². The number of ether oxygens (including phenoxy) is 2. The molecule has 0 saturated heterocycles. The fraction of sp³-hybridized carbons (Fsp3) is 0.429. The van der Waals surface area contributed by atoms with Gasteiger partial charge in [0.15, 0.2) is 0 Å². The highest BCUT2D eigenvalue weighted by atomic mass is 16.5. The molecule has 3 rings (SSSR count). The maximum absolute atomic E-state index is 12.4. The average Bonchev–Trinajstić information content (AvgIpc) is 2.94. The lowest BCUT2D eigenvalue weighted by Gasteiger charge is -2.43. The van der Waals surface area contributed by atoms with Crippen molar-refractivity contribution in [2.45, 2.75) is 39.0 Å². The summed E-state index contributed by atoms with van der Waals surface area (Å²) in [4.78, 5) is 24.6. The Hall–Kier alpha value is -2.76. The Balaban J connectivity index is 2.15. The summed E-state index contributed by atoms with van der Waals surface area (Å²) >= 11 is 0. The zero-order valence-corrected chi connectivity index (χ0v) is 16.2. The maximum atomic E-state index is 12.4. The van der Waals surface area contributed by atoms with Crippen LogP contribution in [0.3, 0.4) is 0 Å². The van der Waals surface area contributed by atoms with E-state index in [1.54, 1.807) is 26.0 Å². The summed E-state index contributed by atoms with van der Waals surface area (Å²) in [7, 11) is 1.92.